The van der Waals surface area contributed by atoms with Crippen molar-refractivity contribution in [1.82, 2.24) is 10.1 Å². The average molecular weight is 306 g/mol. The van der Waals surface area contributed by atoms with Gasteiger partial charge in [0, 0.05) is 6.42 Å². The van der Waals surface area contributed by atoms with Crippen LogP contribution < -0.4 is 0 Å². The molecule has 5 nitrogen and oxygen atoms in total. The normalized spacial score (nSPS) is 20.7. The molecule has 0 unspecified atom stereocenters. The Labute approximate surface area is 124 Å². The lowest BCUT2D eigenvalue weighted by molar-refractivity contribution is 0.356. The molecule has 6 heteroatoms. The van der Waals surface area contributed by atoms with Crippen LogP contribution in [0.3, 0.4) is 0 Å². The topological polar surface area (TPSA) is 73.1 Å². The maximum Gasteiger partial charge on any atom is 0.230 e. The monoisotopic (exact) mass is 306 g/mol. The molecule has 1 aromatic carbocycles. The molecule has 0 spiro atoms. The Hall–Kier alpha value is -1.69. The Morgan fingerprint density at radius 3 is 2.71 bits per heavy atom. The summed E-state index contributed by atoms with van der Waals surface area (Å²) in [6.45, 7) is 0. The van der Waals surface area contributed by atoms with Crippen LogP contribution in [0, 0.1) is 0 Å². The van der Waals surface area contributed by atoms with Crippen molar-refractivity contribution in [3.63, 3.8) is 0 Å². The highest BCUT2D eigenvalue weighted by atomic mass is 32.2. The summed E-state index contributed by atoms with van der Waals surface area (Å²) in [7, 11) is -2.92. The van der Waals surface area contributed by atoms with Crippen molar-refractivity contribution >= 4 is 9.84 Å². The number of aromatic nitrogens is 2. The standard InChI is InChI=1S/C15H18N2O3S/c18-21(19)10-9-13(11-21)15-16-14(17-20-15)8-4-7-12-5-2-1-3-6-12/h1-3,5-6,13H,4,7-11H2/t13-/m0/s1. The number of benzene rings is 1. The van der Waals surface area contributed by atoms with Crippen LogP contribution in [0.4, 0.5) is 0 Å². The van der Waals surface area contributed by atoms with Crippen molar-refractivity contribution in [3.05, 3.63) is 47.6 Å². The van der Waals surface area contributed by atoms with Crippen LogP contribution in [0.2, 0.25) is 0 Å². The first-order valence-corrected chi connectivity index (χ1v) is 9.01. The summed E-state index contributed by atoms with van der Waals surface area (Å²) in [6.07, 6.45) is 3.26. The third-order valence-corrected chi connectivity index (χ3v) is 5.54. The van der Waals surface area contributed by atoms with Gasteiger partial charge in [-0.2, -0.15) is 4.98 Å². The van der Waals surface area contributed by atoms with Gasteiger partial charge in [-0.05, 0) is 24.8 Å². The van der Waals surface area contributed by atoms with Crippen LogP contribution in [-0.2, 0) is 22.7 Å². The van der Waals surface area contributed by atoms with E-state index in [1.165, 1.54) is 5.56 Å². The van der Waals surface area contributed by atoms with Gasteiger partial charge >= 0.3 is 0 Å². The van der Waals surface area contributed by atoms with E-state index in [0.717, 1.165) is 19.3 Å². The number of rotatable bonds is 5. The van der Waals surface area contributed by atoms with Crippen LogP contribution in [-0.4, -0.2) is 30.1 Å². The van der Waals surface area contributed by atoms with Crippen molar-refractivity contribution in [2.45, 2.75) is 31.6 Å². The molecule has 3 rings (SSSR count). The Kier molecular flexibility index (Phi) is 4.05. The molecular weight excluding hydrogens is 288 g/mol. The SMILES string of the molecule is O=S1(=O)CC[C@H](c2nc(CCCc3ccccc3)no2)C1. The highest BCUT2D eigenvalue weighted by molar-refractivity contribution is 7.91. The van der Waals surface area contributed by atoms with Gasteiger partial charge in [-0.3, -0.25) is 0 Å². The molecule has 1 aliphatic heterocycles. The lowest BCUT2D eigenvalue weighted by Gasteiger charge is -1.99. The molecule has 0 saturated carbocycles. The van der Waals surface area contributed by atoms with Crippen LogP contribution in [0.1, 0.15) is 36.0 Å². The lowest BCUT2D eigenvalue weighted by atomic mass is 10.1. The molecule has 0 amide bonds. The Bertz CT molecular complexity index is 695. The van der Waals surface area contributed by atoms with E-state index in [1.807, 2.05) is 18.2 Å². The first-order valence-electron chi connectivity index (χ1n) is 7.19. The molecule has 0 bridgehead atoms. The summed E-state index contributed by atoms with van der Waals surface area (Å²) in [5.74, 6) is 1.39. The van der Waals surface area contributed by atoms with Gasteiger partial charge < -0.3 is 4.52 Å². The largest absolute Gasteiger partial charge is 0.339 e. The van der Waals surface area contributed by atoms with Gasteiger partial charge in [0.1, 0.15) is 0 Å². The predicted molar refractivity (Wildman–Crippen MR) is 78.8 cm³/mol. The highest BCUT2D eigenvalue weighted by Gasteiger charge is 2.32. The Morgan fingerprint density at radius 2 is 2.00 bits per heavy atom. The average Bonchev–Trinajstić information content (AvgIpc) is 3.06. The molecule has 0 radical (unpaired) electrons. The summed E-state index contributed by atoms with van der Waals surface area (Å²) >= 11 is 0. The van der Waals surface area contributed by atoms with Crippen molar-refractivity contribution < 1.29 is 12.9 Å². The van der Waals surface area contributed by atoms with E-state index in [1.54, 1.807) is 0 Å². The zero-order valence-corrected chi connectivity index (χ0v) is 12.6. The van der Waals surface area contributed by atoms with Gasteiger partial charge in [0.15, 0.2) is 15.7 Å². The summed E-state index contributed by atoms with van der Waals surface area (Å²) in [6, 6.07) is 10.3. The molecule has 1 atom stereocenters. The molecule has 0 aliphatic carbocycles. The molecular formula is C15H18N2O3S. The first-order chi connectivity index (χ1) is 10.1. The molecule has 2 aromatic rings. The zero-order valence-electron chi connectivity index (χ0n) is 11.7. The molecule has 1 aromatic heterocycles. The van der Waals surface area contributed by atoms with Gasteiger partial charge in [-0.15, -0.1) is 0 Å². The quantitative estimate of drug-likeness (QED) is 0.846. The van der Waals surface area contributed by atoms with Gasteiger partial charge in [0.05, 0.1) is 17.4 Å². The van der Waals surface area contributed by atoms with Crippen LogP contribution >= 0.6 is 0 Å². The van der Waals surface area contributed by atoms with Crippen LogP contribution in [0.25, 0.3) is 0 Å². The summed E-state index contributed by atoms with van der Waals surface area (Å²) in [5.41, 5.74) is 1.29. The summed E-state index contributed by atoms with van der Waals surface area (Å²) < 4.78 is 28.1. The van der Waals surface area contributed by atoms with Crippen molar-refractivity contribution in [1.29, 1.82) is 0 Å². The van der Waals surface area contributed by atoms with Crippen molar-refractivity contribution in [2.24, 2.45) is 0 Å². The first kappa shape index (κ1) is 14.3. The highest BCUT2D eigenvalue weighted by Crippen LogP contribution is 2.27. The molecule has 112 valence electrons. The minimum absolute atomic E-state index is 0.120. The number of aryl methyl sites for hydroxylation is 2. The Morgan fingerprint density at radius 1 is 1.19 bits per heavy atom. The smallest absolute Gasteiger partial charge is 0.230 e. The minimum atomic E-state index is -2.92. The number of sulfone groups is 1. The molecule has 21 heavy (non-hydrogen) atoms. The van der Waals surface area contributed by atoms with Gasteiger partial charge in [0.25, 0.3) is 0 Å². The molecule has 1 fully saturated rings. The number of nitrogens with zero attached hydrogens (tertiary/aromatic N) is 2. The van der Waals surface area contributed by atoms with E-state index in [2.05, 4.69) is 22.3 Å². The number of hydrogen-bond acceptors (Lipinski definition) is 5. The maximum absolute atomic E-state index is 11.5. The van der Waals surface area contributed by atoms with Gasteiger partial charge in [0.2, 0.25) is 5.89 Å². The molecule has 1 saturated heterocycles. The fraction of sp³-hybridized carbons (Fsp3) is 0.467. The second-order valence-electron chi connectivity index (χ2n) is 5.49. The number of hydrogen-bond donors (Lipinski definition) is 0. The fourth-order valence-corrected chi connectivity index (χ4v) is 4.35. The third-order valence-electron chi connectivity index (χ3n) is 3.77. The van der Waals surface area contributed by atoms with Crippen molar-refractivity contribution in [3.8, 4) is 0 Å². The van der Waals surface area contributed by atoms with E-state index in [0.29, 0.717) is 18.1 Å². The van der Waals surface area contributed by atoms with Crippen LogP contribution in [0.5, 0.6) is 0 Å². The second-order valence-corrected chi connectivity index (χ2v) is 7.72. The molecule has 0 N–H and O–H groups in total. The van der Waals surface area contributed by atoms with E-state index in [4.69, 9.17) is 4.52 Å². The zero-order chi connectivity index (χ0) is 14.7. The third kappa shape index (κ3) is 3.69. The van der Waals surface area contributed by atoms with E-state index < -0.39 is 9.84 Å². The second kappa shape index (κ2) is 5.97. The maximum atomic E-state index is 11.5. The minimum Gasteiger partial charge on any atom is -0.339 e. The van der Waals surface area contributed by atoms with Gasteiger partial charge in [-0.1, -0.05) is 35.5 Å². The van der Waals surface area contributed by atoms with E-state index in [9.17, 15) is 8.42 Å². The molecule has 2 heterocycles. The predicted octanol–water partition coefficient (Wildman–Crippen LogP) is 2.15. The van der Waals surface area contributed by atoms with Crippen molar-refractivity contribution in [2.75, 3.05) is 11.5 Å². The van der Waals surface area contributed by atoms with Gasteiger partial charge in [-0.25, -0.2) is 8.42 Å². The van der Waals surface area contributed by atoms with Crippen LogP contribution in [0.15, 0.2) is 34.9 Å². The summed E-state index contributed by atoms with van der Waals surface area (Å²) in [5, 5.41) is 3.96. The van der Waals surface area contributed by atoms with E-state index >= 15 is 0 Å². The Balaban J connectivity index is 1.54. The fourth-order valence-electron chi connectivity index (χ4n) is 2.62. The molecule has 1 aliphatic rings. The van der Waals surface area contributed by atoms with E-state index in [-0.39, 0.29) is 17.4 Å². The lowest BCUT2D eigenvalue weighted by Crippen LogP contribution is -2.04. The summed E-state index contributed by atoms with van der Waals surface area (Å²) in [4.78, 5) is 4.35.